The van der Waals surface area contributed by atoms with Gasteiger partial charge < -0.3 is 10.1 Å². The van der Waals surface area contributed by atoms with Gasteiger partial charge in [-0.2, -0.15) is 0 Å². The molecule has 1 unspecified atom stereocenters. The number of rotatable bonds is 4. The first-order valence-electron chi connectivity index (χ1n) is 7.18. The summed E-state index contributed by atoms with van der Waals surface area (Å²) >= 11 is 0. The van der Waals surface area contributed by atoms with E-state index in [1.165, 1.54) is 0 Å². The van der Waals surface area contributed by atoms with Gasteiger partial charge in [-0.1, -0.05) is 63.1 Å². The Hall–Kier alpha value is -1.35. The molecule has 1 aromatic rings. The SMILES string of the molecule is CCC(CC)CC1NCCOC1=O.c1ccccc1. The van der Waals surface area contributed by atoms with E-state index in [4.69, 9.17) is 4.74 Å². The molecule has 106 valence electrons. The minimum absolute atomic E-state index is 0.0568. The number of nitrogens with one attached hydrogen (secondary N) is 1. The van der Waals surface area contributed by atoms with E-state index in [9.17, 15) is 4.79 Å². The van der Waals surface area contributed by atoms with Gasteiger partial charge in [-0.05, 0) is 12.3 Å². The molecule has 1 fully saturated rings. The van der Waals surface area contributed by atoms with Crippen molar-refractivity contribution in [3.63, 3.8) is 0 Å². The van der Waals surface area contributed by atoms with E-state index >= 15 is 0 Å². The van der Waals surface area contributed by atoms with Gasteiger partial charge >= 0.3 is 5.97 Å². The fourth-order valence-electron chi connectivity index (χ4n) is 2.09. The first-order chi connectivity index (χ1) is 9.27. The molecular weight excluding hydrogens is 238 g/mol. The van der Waals surface area contributed by atoms with Gasteiger partial charge in [0.05, 0.1) is 0 Å². The van der Waals surface area contributed by atoms with Gasteiger partial charge in [0, 0.05) is 6.54 Å². The quantitative estimate of drug-likeness (QED) is 0.849. The van der Waals surface area contributed by atoms with Crippen molar-refractivity contribution in [3.05, 3.63) is 36.4 Å². The zero-order valence-corrected chi connectivity index (χ0v) is 12.0. The third kappa shape index (κ3) is 6.39. The number of esters is 1. The van der Waals surface area contributed by atoms with Crippen molar-refractivity contribution < 1.29 is 9.53 Å². The lowest BCUT2D eigenvalue weighted by Gasteiger charge is -2.25. The predicted octanol–water partition coefficient (Wildman–Crippen LogP) is 3.01. The van der Waals surface area contributed by atoms with E-state index in [0.717, 1.165) is 25.8 Å². The summed E-state index contributed by atoms with van der Waals surface area (Å²) in [5.74, 6) is 0.571. The first-order valence-corrected chi connectivity index (χ1v) is 7.18. The molecule has 1 aromatic carbocycles. The molecule has 0 saturated carbocycles. The monoisotopic (exact) mass is 263 g/mol. The molecule has 0 bridgehead atoms. The van der Waals surface area contributed by atoms with Gasteiger partial charge in [0.2, 0.25) is 0 Å². The smallest absolute Gasteiger partial charge is 0.323 e. The molecule has 3 heteroatoms. The highest BCUT2D eigenvalue weighted by atomic mass is 16.5. The number of cyclic esters (lactones) is 1. The Bertz CT molecular complexity index is 309. The van der Waals surface area contributed by atoms with Crippen LogP contribution in [0.25, 0.3) is 0 Å². The second-order valence-electron chi connectivity index (χ2n) is 4.75. The van der Waals surface area contributed by atoms with Crippen molar-refractivity contribution in [2.75, 3.05) is 13.2 Å². The molecule has 1 heterocycles. The van der Waals surface area contributed by atoms with E-state index in [1.54, 1.807) is 0 Å². The molecule has 0 radical (unpaired) electrons. The van der Waals surface area contributed by atoms with Crippen LogP contribution < -0.4 is 5.32 Å². The van der Waals surface area contributed by atoms with E-state index < -0.39 is 0 Å². The van der Waals surface area contributed by atoms with Crippen LogP contribution in [0.2, 0.25) is 0 Å². The fourth-order valence-corrected chi connectivity index (χ4v) is 2.09. The highest BCUT2D eigenvalue weighted by Gasteiger charge is 2.25. The van der Waals surface area contributed by atoms with Crippen LogP contribution in [0.15, 0.2) is 36.4 Å². The molecule has 0 aliphatic carbocycles. The summed E-state index contributed by atoms with van der Waals surface area (Å²) in [7, 11) is 0. The summed E-state index contributed by atoms with van der Waals surface area (Å²) in [6.07, 6.45) is 3.20. The molecule has 3 nitrogen and oxygen atoms in total. The molecule has 1 atom stereocenters. The largest absolute Gasteiger partial charge is 0.463 e. The van der Waals surface area contributed by atoms with Crippen LogP contribution in [0.4, 0.5) is 0 Å². The maximum Gasteiger partial charge on any atom is 0.323 e. The fraction of sp³-hybridized carbons (Fsp3) is 0.562. The molecule has 2 rings (SSSR count). The summed E-state index contributed by atoms with van der Waals surface area (Å²) in [6, 6.07) is 11.9. The zero-order valence-electron chi connectivity index (χ0n) is 12.0. The number of ether oxygens (including phenoxy) is 1. The Morgan fingerprint density at radius 3 is 2.11 bits per heavy atom. The highest BCUT2D eigenvalue weighted by Crippen LogP contribution is 2.16. The lowest BCUT2D eigenvalue weighted by molar-refractivity contribution is -0.150. The van der Waals surface area contributed by atoms with Gasteiger partial charge in [0.25, 0.3) is 0 Å². The topological polar surface area (TPSA) is 38.3 Å². The van der Waals surface area contributed by atoms with Gasteiger partial charge in [-0.3, -0.25) is 4.79 Å². The standard InChI is InChI=1S/C10H19NO2.C6H6/c1-3-8(4-2)7-9-10(12)13-6-5-11-9;1-2-4-6-5-3-1/h8-9,11H,3-7H2,1-2H3;1-6H. The van der Waals surface area contributed by atoms with Crippen molar-refractivity contribution in [3.8, 4) is 0 Å². The molecule has 1 aliphatic rings. The van der Waals surface area contributed by atoms with Crippen LogP contribution in [0.5, 0.6) is 0 Å². The molecule has 0 aromatic heterocycles. The Morgan fingerprint density at radius 2 is 1.68 bits per heavy atom. The number of hydrogen-bond donors (Lipinski definition) is 1. The van der Waals surface area contributed by atoms with Crippen LogP contribution in [0.1, 0.15) is 33.1 Å². The van der Waals surface area contributed by atoms with Gasteiger partial charge in [0.15, 0.2) is 0 Å². The molecule has 1 aliphatic heterocycles. The zero-order chi connectivity index (χ0) is 13.9. The van der Waals surface area contributed by atoms with Crippen molar-refractivity contribution in [2.24, 2.45) is 5.92 Å². The van der Waals surface area contributed by atoms with Gasteiger partial charge in [0.1, 0.15) is 12.6 Å². The second kappa shape index (κ2) is 9.56. The Morgan fingerprint density at radius 1 is 1.16 bits per heavy atom. The maximum atomic E-state index is 11.3. The minimum atomic E-state index is -0.0712. The summed E-state index contributed by atoms with van der Waals surface area (Å²) in [4.78, 5) is 11.3. The normalized spacial score (nSPS) is 18.5. The minimum Gasteiger partial charge on any atom is -0.463 e. The van der Waals surface area contributed by atoms with Crippen molar-refractivity contribution in [2.45, 2.75) is 39.2 Å². The van der Waals surface area contributed by atoms with Crippen molar-refractivity contribution >= 4 is 5.97 Å². The highest BCUT2D eigenvalue weighted by molar-refractivity contribution is 5.76. The summed E-state index contributed by atoms with van der Waals surface area (Å²) < 4.78 is 4.98. The average Bonchev–Trinajstić information content (AvgIpc) is 2.49. The molecular formula is C16H25NO2. The summed E-state index contributed by atoms with van der Waals surface area (Å²) in [5, 5.41) is 3.19. The maximum absolute atomic E-state index is 11.3. The van der Waals surface area contributed by atoms with Crippen LogP contribution in [-0.4, -0.2) is 25.2 Å². The lowest BCUT2D eigenvalue weighted by Crippen LogP contribution is -2.46. The van der Waals surface area contributed by atoms with Crippen LogP contribution in [0.3, 0.4) is 0 Å². The van der Waals surface area contributed by atoms with E-state index in [0.29, 0.717) is 12.5 Å². The molecule has 0 spiro atoms. The number of hydrogen-bond acceptors (Lipinski definition) is 3. The van der Waals surface area contributed by atoms with Gasteiger partial charge in [-0.15, -0.1) is 0 Å². The van der Waals surface area contributed by atoms with Crippen LogP contribution >= 0.6 is 0 Å². The predicted molar refractivity (Wildman–Crippen MR) is 77.9 cm³/mol. The van der Waals surface area contributed by atoms with Crippen molar-refractivity contribution in [1.29, 1.82) is 0 Å². The molecule has 1 saturated heterocycles. The van der Waals surface area contributed by atoms with E-state index in [1.807, 2.05) is 36.4 Å². The van der Waals surface area contributed by atoms with Gasteiger partial charge in [-0.25, -0.2) is 0 Å². The Kier molecular flexibility index (Phi) is 7.91. The Labute approximate surface area is 116 Å². The molecule has 1 N–H and O–H groups in total. The number of morpholine rings is 1. The third-order valence-corrected chi connectivity index (χ3v) is 3.41. The van der Waals surface area contributed by atoms with E-state index in [-0.39, 0.29) is 12.0 Å². The average molecular weight is 263 g/mol. The van der Waals surface area contributed by atoms with Crippen LogP contribution in [0, 0.1) is 5.92 Å². The number of benzene rings is 1. The molecule has 19 heavy (non-hydrogen) atoms. The number of carbonyl (C=O) groups excluding carboxylic acids is 1. The lowest BCUT2D eigenvalue weighted by atomic mass is 9.94. The summed E-state index contributed by atoms with van der Waals surface area (Å²) in [5.41, 5.74) is 0. The number of carbonyl (C=O) groups is 1. The third-order valence-electron chi connectivity index (χ3n) is 3.41. The molecule has 0 amide bonds. The Balaban J connectivity index is 0.000000250. The first kappa shape index (κ1) is 15.7. The summed E-state index contributed by atoms with van der Waals surface area (Å²) in [6.45, 7) is 5.67. The van der Waals surface area contributed by atoms with Crippen molar-refractivity contribution in [1.82, 2.24) is 5.32 Å². The van der Waals surface area contributed by atoms with E-state index in [2.05, 4.69) is 19.2 Å². The second-order valence-corrected chi connectivity index (χ2v) is 4.75. The van der Waals surface area contributed by atoms with Crippen LogP contribution in [-0.2, 0) is 9.53 Å².